The van der Waals surface area contributed by atoms with E-state index in [0.717, 1.165) is 0 Å². The molecular weight excluding hydrogens is 344 g/mol. The number of aromatic nitrogens is 1. The summed E-state index contributed by atoms with van der Waals surface area (Å²) in [7, 11) is 1.17. The number of amides is 3. The maximum absolute atomic E-state index is 12.9. The number of nitrogens with one attached hydrogen (secondary N) is 1. The fraction of sp³-hybridized carbons (Fsp3) is 0.625. The molecular formula is C16H22N4O6. The number of aliphatic hydroxyl groups excluding tert-OH is 1. The van der Waals surface area contributed by atoms with E-state index in [0.29, 0.717) is 31.8 Å². The summed E-state index contributed by atoms with van der Waals surface area (Å²) in [5.74, 6) is -0.241. The molecule has 142 valence electrons. The number of alkyl carbamates (subject to hydrolysis) is 1. The van der Waals surface area contributed by atoms with E-state index >= 15 is 0 Å². The van der Waals surface area contributed by atoms with Crippen molar-refractivity contribution in [2.45, 2.75) is 44.0 Å². The van der Waals surface area contributed by atoms with E-state index in [4.69, 9.17) is 4.42 Å². The SMILES string of the molecule is COC(=O)NC(C(=O)N1CCCC12CN(Cc1ncco1)C2=O)C(C)O. The van der Waals surface area contributed by atoms with Gasteiger partial charge in [-0.15, -0.1) is 0 Å². The van der Waals surface area contributed by atoms with Crippen LogP contribution in [-0.2, 0) is 20.9 Å². The van der Waals surface area contributed by atoms with Gasteiger partial charge in [0.2, 0.25) is 11.8 Å². The molecule has 2 saturated heterocycles. The van der Waals surface area contributed by atoms with Gasteiger partial charge in [0.25, 0.3) is 5.91 Å². The van der Waals surface area contributed by atoms with Crippen LogP contribution in [0.1, 0.15) is 25.7 Å². The van der Waals surface area contributed by atoms with Crippen LogP contribution in [0.4, 0.5) is 4.79 Å². The molecule has 1 spiro atoms. The Labute approximate surface area is 150 Å². The number of methoxy groups -OCH3 is 1. The maximum Gasteiger partial charge on any atom is 0.407 e. The number of hydrogen-bond donors (Lipinski definition) is 2. The molecule has 0 aromatic carbocycles. The van der Waals surface area contributed by atoms with Crippen molar-refractivity contribution in [3.05, 3.63) is 18.4 Å². The molecule has 26 heavy (non-hydrogen) atoms. The molecule has 3 unspecified atom stereocenters. The highest BCUT2D eigenvalue weighted by atomic mass is 16.5. The number of nitrogens with zero attached hydrogens (tertiary/aromatic N) is 3. The van der Waals surface area contributed by atoms with E-state index in [-0.39, 0.29) is 12.5 Å². The summed E-state index contributed by atoms with van der Waals surface area (Å²) in [5.41, 5.74) is -0.922. The van der Waals surface area contributed by atoms with Crippen LogP contribution < -0.4 is 5.32 Å². The molecule has 2 aliphatic rings. The monoisotopic (exact) mass is 366 g/mol. The van der Waals surface area contributed by atoms with E-state index in [1.54, 1.807) is 4.90 Å². The van der Waals surface area contributed by atoms with Gasteiger partial charge in [-0.1, -0.05) is 0 Å². The van der Waals surface area contributed by atoms with Crippen molar-refractivity contribution in [1.29, 1.82) is 0 Å². The van der Waals surface area contributed by atoms with E-state index in [1.165, 1.54) is 31.4 Å². The highest BCUT2D eigenvalue weighted by molar-refractivity contribution is 5.99. The van der Waals surface area contributed by atoms with Gasteiger partial charge in [-0.2, -0.15) is 0 Å². The third-order valence-electron chi connectivity index (χ3n) is 4.91. The van der Waals surface area contributed by atoms with Crippen molar-refractivity contribution in [3.63, 3.8) is 0 Å². The molecule has 1 aromatic heterocycles. The summed E-state index contributed by atoms with van der Waals surface area (Å²) in [6.45, 7) is 2.41. The van der Waals surface area contributed by atoms with Crippen molar-refractivity contribution in [3.8, 4) is 0 Å². The largest absolute Gasteiger partial charge is 0.453 e. The maximum atomic E-state index is 12.9. The number of β-lactam (4-membered cyclic amide) rings is 1. The van der Waals surface area contributed by atoms with Gasteiger partial charge in [0.05, 0.1) is 32.5 Å². The Hall–Kier alpha value is -2.62. The first-order valence-electron chi connectivity index (χ1n) is 8.41. The number of ether oxygens (including phenoxy) is 1. The van der Waals surface area contributed by atoms with Crippen molar-refractivity contribution in [2.24, 2.45) is 0 Å². The number of carbonyl (C=O) groups excluding carboxylic acids is 3. The molecule has 1 aromatic rings. The fourth-order valence-corrected chi connectivity index (χ4v) is 3.61. The van der Waals surface area contributed by atoms with E-state index in [1.807, 2.05) is 0 Å². The molecule has 0 bridgehead atoms. The molecule has 0 saturated carbocycles. The van der Waals surface area contributed by atoms with Crippen LogP contribution in [0.5, 0.6) is 0 Å². The average molecular weight is 366 g/mol. The second-order valence-electron chi connectivity index (χ2n) is 6.57. The van der Waals surface area contributed by atoms with Gasteiger partial charge in [-0.05, 0) is 19.8 Å². The second kappa shape index (κ2) is 6.94. The zero-order chi connectivity index (χ0) is 18.9. The van der Waals surface area contributed by atoms with Gasteiger partial charge in [-0.25, -0.2) is 9.78 Å². The minimum Gasteiger partial charge on any atom is -0.453 e. The molecule has 2 aliphatic heterocycles. The summed E-state index contributed by atoms with van der Waals surface area (Å²) >= 11 is 0. The third-order valence-corrected chi connectivity index (χ3v) is 4.91. The van der Waals surface area contributed by atoms with Crippen molar-refractivity contribution in [2.75, 3.05) is 20.2 Å². The third kappa shape index (κ3) is 3.00. The Balaban J connectivity index is 1.72. The normalized spacial score (nSPS) is 24.3. The summed E-state index contributed by atoms with van der Waals surface area (Å²) in [4.78, 5) is 44.2. The number of carbonyl (C=O) groups is 3. The van der Waals surface area contributed by atoms with Crippen molar-refractivity contribution >= 4 is 17.9 Å². The average Bonchev–Trinajstić information content (AvgIpc) is 3.29. The molecule has 0 aliphatic carbocycles. The lowest BCUT2D eigenvalue weighted by atomic mass is 9.85. The topological polar surface area (TPSA) is 125 Å². The zero-order valence-electron chi connectivity index (χ0n) is 14.7. The Kier molecular flexibility index (Phi) is 4.86. The standard InChI is InChI=1S/C16H22N4O6/c1-10(21)12(18-15(24)25-2)13(22)20-6-3-4-16(20)9-19(14(16)23)8-11-17-5-7-26-11/h5,7,10,12,21H,3-4,6,8-9H2,1-2H3,(H,18,24). The van der Waals surface area contributed by atoms with Gasteiger partial charge >= 0.3 is 6.09 Å². The Bertz CT molecular complexity index is 691. The molecule has 3 rings (SSSR count). The first kappa shape index (κ1) is 18.2. The van der Waals surface area contributed by atoms with Gasteiger partial charge < -0.3 is 29.4 Å². The highest BCUT2D eigenvalue weighted by Crippen LogP contribution is 2.40. The molecule has 3 amide bonds. The number of hydrogen-bond acceptors (Lipinski definition) is 7. The number of likely N-dealkylation sites (tertiary alicyclic amines) is 2. The molecule has 0 radical (unpaired) electrons. The molecule has 3 heterocycles. The quantitative estimate of drug-likeness (QED) is 0.672. The number of oxazole rings is 1. The van der Waals surface area contributed by atoms with Gasteiger partial charge in [0.15, 0.2) is 0 Å². The highest BCUT2D eigenvalue weighted by Gasteiger charge is 2.60. The van der Waals surface area contributed by atoms with Crippen LogP contribution in [0.25, 0.3) is 0 Å². The Morgan fingerprint density at radius 1 is 1.54 bits per heavy atom. The van der Waals surface area contributed by atoms with Crippen LogP contribution in [-0.4, -0.2) is 75.7 Å². The first-order chi connectivity index (χ1) is 12.4. The van der Waals surface area contributed by atoms with Gasteiger partial charge in [0, 0.05) is 6.54 Å². The predicted octanol–water partition coefficient (Wildman–Crippen LogP) is -0.517. The van der Waals surface area contributed by atoms with E-state index in [9.17, 15) is 19.5 Å². The first-order valence-corrected chi connectivity index (χ1v) is 8.41. The lowest BCUT2D eigenvalue weighted by Gasteiger charge is -2.51. The van der Waals surface area contributed by atoms with Gasteiger partial charge in [0.1, 0.15) is 17.8 Å². The molecule has 10 heteroatoms. The van der Waals surface area contributed by atoms with Gasteiger partial charge in [-0.3, -0.25) is 9.59 Å². The molecule has 3 atom stereocenters. The fourth-order valence-electron chi connectivity index (χ4n) is 3.61. The summed E-state index contributed by atoms with van der Waals surface area (Å²) in [6.07, 6.45) is 2.22. The van der Waals surface area contributed by atoms with Crippen molar-refractivity contribution in [1.82, 2.24) is 20.1 Å². The Morgan fingerprint density at radius 2 is 2.31 bits per heavy atom. The second-order valence-corrected chi connectivity index (χ2v) is 6.57. The van der Waals surface area contributed by atoms with Crippen LogP contribution in [0.15, 0.2) is 16.9 Å². The predicted molar refractivity (Wildman–Crippen MR) is 86.6 cm³/mol. The minimum absolute atomic E-state index is 0.177. The van der Waals surface area contributed by atoms with Crippen LogP contribution >= 0.6 is 0 Å². The number of rotatable bonds is 5. The minimum atomic E-state index is -1.17. The van der Waals surface area contributed by atoms with Crippen LogP contribution in [0.2, 0.25) is 0 Å². The lowest BCUT2D eigenvalue weighted by Crippen LogP contribution is -2.74. The summed E-state index contributed by atoms with van der Waals surface area (Å²) < 4.78 is 9.67. The van der Waals surface area contributed by atoms with E-state index < -0.39 is 29.7 Å². The summed E-state index contributed by atoms with van der Waals surface area (Å²) in [6, 6.07) is -1.17. The number of aliphatic hydroxyl groups is 1. The van der Waals surface area contributed by atoms with Crippen LogP contribution in [0.3, 0.4) is 0 Å². The zero-order valence-corrected chi connectivity index (χ0v) is 14.7. The van der Waals surface area contributed by atoms with Crippen molar-refractivity contribution < 1.29 is 28.6 Å². The molecule has 2 fully saturated rings. The molecule has 2 N–H and O–H groups in total. The Morgan fingerprint density at radius 3 is 2.88 bits per heavy atom. The molecule has 10 nitrogen and oxygen atoms in total. The summed E-state index contributed by atoms with van der Waals surface area (Å²) in [5, 5.41) is 12.2. The smallest absolute Gasteiger partial charge is 0.407 e. The van der Waals surface area contributed by atoms with Crippen LogP contribution in [0, 0.1) is 0 Å². The lowest BCUT2D eigenvalue weighted by molar-refractivity contribution is -0.170. The van der Waals surface area contributed by atoms with E-state index in [2.05, 4.69) is 15.0 Å².